The number of unbranched alkanes of at least 4 members (excludes halogenated alkanes) is 1. The van der Waals surface area contributed by atoms with Crippen LogP contribution in [0, 0.1) is 0 Å². The lowest BCUT2D eigenvalue weighted by Crippen LogP contribution is -2.35. The van der Waals surface area contributed by atoms with Crippen LogP contribution in [0.4, 0.5) is 4.79 Å². The molecule has 0 spiro atoms. The molecule has 2 aliphatic heterocycles. The first-order valence-corrected chi connectivity index (χ1v) is 8.99. The summed E-state index contributed by atoms with van der Waals surface area (Å²) in [6.07, 6.45) is 5.53. The molecule has 132 valence electrons. The van der Waals surface area contributed by atoms with Crippen molar-refractivity contribution in [2.24, 2.45) is 5.73 Å². The molecule has 3 fully saturated rings. The minimum Gasteiger partial charge on any atom is -0.423 e. The molecule has 1 aliphatic carbocycles. The Balaban J connectivity index is 1.43. The first-order valence-electron chi connectivity index (χ1n) is 8.99. The van der Waals surface area contributed by atoms with E-state index in [1.807, 2.05) is 4.90 Å². The Morgan fingerprint density at radius 3 is 2.83 bits per heavy atom. The van der Waals surface area contributed by atoms with Crippen molar-refractivity contribution < 1.29 is 14.0 Å². The van der Waals surface area contributed by atoms with Crippen LogP contribution in [-0.2, 0) is 4.84 Å². The molecule has 0 aromatic carbocycles. The van der Waals surface area contributed by atoms with E-state index in [2.05, 4.69) is 17.1 Å². The predicted molar refractivity (Wildman–Crippen MR) is 84.8 cm³/mol. The summed E-state index contributed by atoms with van der Waals surface area (Å²) >= 11 is 0. The lowest BCUT2D eigenvalue weighted by atomic mass is 9.81. The Hall–Kier alpha value is -1.67. The Morgan fingerprint density at radius 1 is 1.29 bits per heavy atom. The highest BCUT2D eigenvalue weighted by atomic mass is 16.7. The quantitative estimate of drug-likeness (QED) is 0.798. The maximum Gasteiger partial charge on any atom is 0.345 e. The highest BCUT2D eigenvalue weighted by molar-refractivity contribution is 5.77. The summed E-state index contributed by atoms with van der Waals surface area (Å²) in [6.45, 7) is 3.36. The van der Waals surface area contributed by atoms with Crippen LogP contribution in [0.1, 0.15) is 69.2 Å². The number of carbonyl (C=O) groups excluding carboxylic acids is 1. The molecule has 2 amide bonds. The average Bonchev–Trinajstić information content (AvgIpc) is 3.12. The molecule has 2 N–H and O–H groups in total. The molecule has 8 nitrogen and oxygen atoms in total. The molecule has 3 heterocycles. The highest BCUT2D eigenvalue weighted by Crippen LogP contribution is 2.40. The Kier molecular flexibility index (Phi) is 4.17. The van der Waals surface area contributed by atoms with Crippen molar-refractivity contribution in [3.05, 3.63) is 11.8 Å². The van der Waals surface area contributed by atoms with E-state index in [9.17, 15) is 4.79 Å². The maximum atomic E-state index is 12.6. The first kappa shape index (κ1) is 15.8. The number of hydrogen-bond acceptors (Lipinski definition) is 6. The maximum absolute atomic E-state index is 12.6. The van der Waals surface area contributed by atoms with Gasteiger partial charge in [0.05, 0.1) is 12.6 Å². The molecule has 1 aromatic heterocycles. The zero-order valence-corrected chi connectivity index (χ0v) is 14.1. The third kappa shape index (κ3) is 2.67. The normalized spacial score (nSPS) is 32.3. The number of piperidine rings is 1. The molecule has 2 bridgehead atoms. The average molecular weight is 335 g/mol. The molecule has 2 saturated heterocycles. The summed E-state index contributed by atoms with van der Waals surface area (Å²) < 4.78 is 5.88. The number of aromatic nitrogens is 2. The van der Waals surface area contributed by atoms with Crippen LogP contribution in [0.15, 0.2) is 4.42 Å². The fourth-order valence-corrected chi connectivity index (χ4v) is 3.77. The zero-order valence-electron chi connectivity index (χ0n) is 14.1. The topological polar surface area (TPSA) is 97.7 Å². The fourth-order valence-electron chi connectivity index (χ4n) is 3.77. The number of nitrogens with two attached hydrogens (primary N) is 1. The van der Waals surface area contributed by atoms with Crippen molar-refractivity contribution in [3.8, 4) is 0 Å². The number of fused-ring (bicyclic) bond motifs is 2. The molecule has 3 aliphatic rings. The molecule has 1 aromatic rings. The highest BCUT2D eigenvalue weighted by Gasteiger charge is 2.48. The van der Waals surface area contributed by atoms with Crippen molar-refractivity contribution in [2.75, 3.05) is 13.2 Å². The Bertz CT molecular complexity index is 600. The van der Waals surface area contributed by atoms with E-state index in [1.54, 1.807) is 5.06 Å². The molecule has 4 rings (SSSR count). The van der Waals surface area contributed by atoms with Crippen LogP contribution in [-0.4, -0.2) is 51.4 Å². The molecule has 0 radical (unpaired) electrons. The van der Waals surface area contributed by atoms with Gasteiger partial charge in [0.2, 0.25) is 11.8 Å². The molecule has 2 atom stereocenters. The van der Waals surface area contributed by atoms with Crippen LogP contribution >= 0.6 is 0 Å². The number of rotatable bonds is 6. The predicted octanol–water partition coefficient (Wildman–Crippen LogP) is 1.95. The summed E-state index contributed by atoms with van der Waals surface area (Å²) in [4.78, 5) is 20.1. The summed E-state index contributed by atoms with van der Waals surface area (Å²) in [6, 6.07) is 0.167. The Morgan fingerprint density at radius 2 is 2.08 bits per heavy atom. The third-order valence-electron chi connectivity index (χ3n) is 5.32. The van der Waals surface area contributed by atoms with E-state index < -0.39 is 0 Å². The van der Waals surface area contributed by atoms with E-state index in [-0.39, 0.29) is 30.1 Å². The summed E-state index contributed by atoms with van der Waals surface area (Å²) in [7, 11) is 0. The molecule has 1 saturated carbocycles. The minimum absolute atomic E-state index is 0.0796. The van der Waals surface area contributed by atoms with Gasteiger partial charge in [-0.05, 0) is 32.1 Å². The molecule has 8 heteroatoms. The number of amides is 2. The van der Waals surface area contributed by atoms with Crippen LogP contribution in [0.2, 0.25) is 0 Å². The largest absolute Gasteiger partial charge is 0.423 e. The van der Waals surface area contributed by atoms with E-state index in [0.717, 1.165) is 38.5 Å². The number of hydrogen-bond donors (Lipinski definition) is 1. The number of hydroxylamine groups is 2. The summed E-state index contributed by atoms with van der Waals surface area (Å²) in [5.41, 5.74) is 5.83. The second-order valence-corrected chi connectivity index (χ2v) is 7.10. The third-order valence-corrected chi connectivity index (χ3v) is 5.32. The second kappa shape index (κ2) is 6.33. The smallest absolute Gasteiger partial charge is 0.345 e. The van der Waals surface area contributed by atoms with Gasteiger partial charge in [0.15, 0.2) is 0 Å². The van der Waals surface area contributed by atoms with Crippen molar-refractivity contribution in [3.63, 3.8) is 0 Å². The van der Waals surface area contributed by atoms with Crippen LogP contribution in [0.3, 0.4) is 0 Å². The van der Waals surface area contributed by atoms with Gasteiger partial charge >= 0.3 is 6.03 Å². The monoisotopic (exact) mass is 335 g/mol. The molecular formula is C16H25N5O3. The van der Waals surface area contributed by atoms with Crippen LogP contribution in [0.5, 0.6) is 0 Å². The van der Waals surface area contributed by atoms with Crippen molar-refractivity contribution in [1.82, 2.24) is 20.2 Å². The minimum atomic E-state index is -0.136. The number of nitrogens with zero attached hydrogens (tertiary/aromatic N) is 4. The SMILES string of the molecule is CCCCON1C(=O)N2C[C@@H]1CC[C@H]2c1nnc([C@H]2C[C@@H](N)C2)o1. The van der Waals surface area contributed by atoms with E-state index >= 15 is 0 Å². The lowest BCUT2D eigenvalue weighted by molar-refractivity contribution is -0.130. The van der Waals surface area contributed by atoms with Gasteiger partial charge in [0.1, 0.15) is 6.04 Å². The van der Waals surface area contributed by atoms with E-state index in [4.69, 9.17) is 15.0 Å². The number of urea groups is 1. The van der Waals surface area contributed by atoms with Crippen LogP contribution < -0.4 is 5.73 Å². The molecule has 24 heavy (non-hydrogen) atoms. The van der Waals surface area contributed by atoms with Gasteiger partial charge in [0, 0.05) is 18.5 Å². The van der Waals surface area contributed by atoms with Crippen LogP contribution in [0.25, 0.3) is 0 Å². The van der Waals surface area contributed by atoms with Gasteiger partial charge in [-0.25, -0.2) is 4.79 Å². The summed E-state index contributed by atoms with van der Waals surface area (Å²) in [5.74, 6) is 1.49. The zero-order chi connectivity index (χ0) is 16.7. The second-order valence-electron chi connectivity index (χ2n) is 7.10. The first-order chi connectivity index (χ1) is 11.7. The summed E-state index contributed by atoms with van der Waals surface area (Å²) in [5, 5.41) is 9.94. The molecule has 0 unspecified atom stereocenters. The lowest BCUT2D eigenvalue weighted by Gasteiger charge is -2.29. The fraction of sp³-hybridized carbons (Fsp3) is 0.812. The van der Waals surface area contributed by atoms with Crippen molar-refractivity contribution in [2.45, 2.75) is 69.5 Å². The van der Waals surface area contributed by atoms with Gasteiger partial charge < -0.3 is 15.1 Å². The van der Waals surface area contributed by atoms with E-state index in [0.29, 0.717) is 24.9 Å². The number of carbonyl (C=O) groups is 1. The van der Waals surface area contributed by atoms with Crippen molar-refractivity contribution in [1.29, 1.82) is 0 Å². The van der Waals surface area contributed by atoms with Gasteiger partial charge in [-0.1, -0.05) is 13.3 Å². The van der Waals surface area contributed by atoms with Gasteiger partial charge in [-0.2, -0.15) is 5.06 Å². The van der Waals surface area contributed by atoms with Crippen molar-refractivity contribution >= 4 is 6.03 Å². The van der Waals surface area contributed by atoms with Gasteiger partial charge in [-0.15, -0.1) is 10.2 Å². The van der Waals surface area contributed by atoms with Gasteiger partial charge in [0.25, 0.3) is 0 Å². The van der Waals surface area contributed by atoms with Gasteiger partial charge in [-0.3, -0.25) is 4.84 Å². The van der Waals surface area contributed by atoms with E-state index in [1.165, 1.54) is 0 Å². The standard InChI is InChI=1S/C16H25N5O3/c1-2-3-6-23-21-12-4-5-13(20(9-12)16(21)22)15-19-18-14(24-15)10-7-11(17)8-10/h10-13H,2-9,17H2,1H3/t10-,11+,12-,13-/m0/s1. The molecular weight excluding hydrogens is 310 g/mol. The Labute approximate surface area is 141 Å².